The Balaban J connectivity index is 1.46. The van der Waals surface area contributed by atoms with Crippen LogP contribution in [0.3, 0.4) is 0 Å². The van der Waals surface area contributed by atoms with Crippen LogP contribution in [0.4, 0.5) is 5.82 Å². The first-order chi connectivity index (χ1) is 14.7. The van der Waals surface area contributed by atoms with Crippen LogP contribution in [0.1, 0.15) is 43.2 Å². The molecule has 1 amide bonds. The Morgan fingerprint density at radius 2 is 1.83 bits per heavy atom. The van der Waals surface area contributed by atoms with Crippen LogP contribution in [0.25, 0.3) is 16.7 Å². The third-order valence-corrected chi connectivity index (χ3v) is 6.70. The Kier molecular flexibility index (Phi) is 4.82. The van der Waals surface area contributed by atoms with Crippen LogP contribution in [-0.2, 0) is 4.79 Å². The molecule has 6 heteroatoms. The molecule has 2 saturated heterocycles. The Morgan fingerprint density at radius 3 is 2.57 bits per heavy atom. The highest BCUT2D eigenvalue weighted by molar-refractivity contribution is 5.85. The minimum Gasteiger partial charge on any atom is -0.358 e. The first-order valence-electron chi connectivity index (χ1n) is 11.0. The molecular formula is C24H27N5O. The first kappa shape index (κ1) is 18.9. The van der Waals surface area contributed by atoms with Crippen molar-refractivity contribution in [2.75, 3.05) is 31.1 Å². The molecule has 1 aromatic carbocycles. The van der Waals surface area contributed by atoms with Gasteiger partial charge in [-0.3, -0.25) is 9.20 Å². The molecule has 2 aliphatic heterocycles. The van der Waals surface area contributed by atoms with Gasteiger partial charge in [-0.05, 0) is 62.8 Å². The van der Waals surface area contributed by atoms with Crippen LogP contribution < -0.4 is 4.90 Å². The molecule has 3 aromatic rings. The molecule has 154 valence electrons. The third-order valence-electron chi connectivity index (χ3n) is 6.70. The molecule has 0 N–H and O–H groups in total. The van der Waals surface area contributed by atoms with E-state index in [4.69, 9.17) is 4.98 Å². The third kappa shape index (κ3) is 3.09. The van der Waals surface area contributed by atoms with Gasteiger partial charge in [-0.2, -0.15) is 5.26 Å². The molecule has 4 heterocycles. The van der Waals surface area contributed by atoms with E-state index in [0.29, 0.717) is 11.5 Å². The summed E-state index contributed by atoms with van der Waals surface area (Å²) in [6.07, 6.45) is 5.28. The minimum atomic E-state index is 0.133. The number of nitriles is 1. The van der Waals surface area contributed by atoms with Crippen molar-refractivity contribution >= 4 is 28.4 Å². The highest BCUT2D eigenvalue weighted by Gasteiger charge is 2.30. The number of benzene rings is 1. The summed E-state index contributed by atoms with van der Waals surface area (Å²) in [4.78, 5) is 22.1. The molecule has 0 atom stereocenters. The lowest BCUT2D eigenvalue weighted by Crippen LogP contribution is -2.44. The molecule has 2 aliphatic rings. The second-order valence-corrected chi connectivity index (χ2v) is 8.58. The summed E-state index contributed by atoms with van der Waals surface area (Å²) in [5.74, 6) is 1.55. The van der Waals surface area contributed by atoms with Crippen LogP contribution in [-0.4, -0.2) is 46.4 Å². The van der Waals surface area contributed by atoms with Gasteiger partial charge in [0, 0.05) is 32.1 Å². The van der Waals surface area contributed by atoms with E-state index in [0.717, 1.165) is 79.9 Å². The summed E-state index contributed by atoms with van der Waals surface area (Å²) in [6, 6.07) is 12.5. The van der Waals surface area contributed by atoms with Crippen molar-refractivity contribution in [2.24, 2.45) is 5.92 Å². The maximum absolute atomic E-state index is 12.9. The van der Waals surface area contributed by atoms with Gasteiger partial charge in [-0.25, -0.2) is 4.98 Å². The van der Waals surface area contributed by atoms with Gasteiger partial charge >= 0.3 is 0 Å². The quantitative estimate of drug-likeness (QED) is 0.653. The number of rotatable bonds is 2. The number of pyridine rings is 1. The number of hydrogen-bond acceptors (Lipinski definition) is 4. The van der Waals surface area contributed by atoms with Crippen LogP contribution in [0.2, 0.25) is 0 Å². The second-order valence-electron chi connectivity index (χ2n) is 8.58. The average molecular weight is 402 g/mol. The number of piperidine rings is 2. The predicted octanol–water partition coefficient (Wildman–Crippen LogP) is 3.90. The summed E-state index contributed by atoms with van der Waals surface area (Å²) in [7, 11) is 0. The molecular weight excluding hydrogens is 374 g/mol. The number of nitrogens with zero attached hydrogens (tertiary/aromatic N) is 5. The second kappa shape index (κ2) is 7.64. The van der Waals surface area contributed by atoms with Gasteiger partial charge in [0.15, 0.2) is 5.65 Å². The largest absolute Gasteiger partial charge is 0.358 e. The van der Waals surface area contributed by atoms with E-state index >= 15 is 0 Å². The van der Waals surface area contributed by atoms with Crippen molar-refractivity contribution in [1.82, 2.24) is 14.3 Å². The van der Waals surface area contributed by atoms with Gasteiger partial charge in [0.2, 0.25) is 5.91 Å². The van der Waals surface area contributed by atoms with E-state index < -0.39 is 0 Å². The fraction of sp³-hybridized carbons (Fsp3) is 0.458. The molecule has 2 aromatic heterocycles. The molecule has 30 heavy (non-hydrogen) atoms. The van der Waals surface area contributed by atoms with Gasteiger partial charge < -0.3 is 9.80 Å². The van der Waals surface area contributed by atoms with Gasteiger partial charge in [-0.15, -0.1) is 0 Å². The fourth-order valence-electron chi connectivity index (χ4n) is 5.03. The molecule has 0 aliphatic carbocycles. The SMILES string of the molecule is Cc1cc(N2CCC(C(=O)N3CCCCC3)CC2)n2c(nc3ccccc32)c1C#N. The van der Waals surface area contributed by atoms with Crippen molar-refractivity contribution in [3.63, 3.8) is 0 Å². The number of para-hydroxylation sites is 2. The molecule has 0 spiro atoms. The van der Waals surface area contributed by atoms with Gasteiger partial charge in [0.1, 0.15) is 11.9 Å². The topological polar surface area (TPSA) is 64.6 Å². The highest BCUT2D eigenvalue weighted by Crippen LogP contribution is 2.31. The molecule has 0 unspecified atom stereocenters. The Morgan fingerprint density at radius 1 is 1.10 bits per heavy atom. The Bertz CT molecular complexity index is 1140. The van der Waals surface area contributed by atoms with Crippen LogP contribution >= 0.6 is 0 Å². The smallest absolute Gasteiger partial charge is 0.225 e. The summed E-state index contributed by atoms with van der Waals surface area (Å²) < 4.78 is 2.12. The van der Waals surface area contributed by atoms with Gasteiger partial charge in [0.25, 0.3) is 0 Å². The zero-order valence-electron chi connectivity index (χ0n) is 17.5. The first-order valence-corrected chi connectivity index (χ1v) is 11.0. The van der Waals surface area contributed by atoms with E-state index in [-0.39, 0.29) is 5.92 Å². The maximum Gasteiger partial charge on any atom is 0.225 e. The molecule has 0 bridgehead atoms. The van der Waals surface area contributed by atoms with Crippen molar-refractivity contribution in [1.29, 1.82) is 5.26 Å². The standard InChI is InChI=1S/C24H27N5O/c1-17-15-22(29-21-8-4-3-7-20(21)26-23(29)19(17)16-25)27-13-9-18(10-14-27)24(30)28-11-5-2-6-12-28/h3-4,7-8,15,18H,2,5-6,9-14H2,1H3. The van der Waals surface area contributed by atoms with Crippen LogP contribution in [0.5, 0.6) is 0 Å². The highest BCUT2D eigenvalue weighted by atomic mass is 16.2. The number of aryl methyl sites for hydroxylation is 1. The van der Waals surface area contributed by atoms with Gasteiger partial charge in [-0.1, -0.05) is 12.1 Å². The van der Waals surface area contributed by atoms with E-state index in [1.165, 1.54) is 6.42 Å². The van der Waals surface area contributed by atoms with E-state index in [1.807, 2.05) is 25.1 Å². The van der Waals surface area contributed by atoms with E-state index in [1.54, 1.807) is 0 Å². The van der Waals surface area contributed by atoms with E-state index in [9.17, 15) is 10.1 Å². The summed E-state index contributed by atoms with van der Waals surface area (Å²) in [5, 5.41) is 9.70. The zero-order chi connectivity index (χ0) is 20.7. The Labute approximate surface area is 176 Å². The number of anilines is 1. The number of carbonyl (C=O) groups is 1. The summed E-state index contributed by atoms with van der Waals surface area (Å²) in [5.41, 5.74) is 4.22. The lowest BCUT2D eigenvalue weighted by molar-refractivity contribution is -0.137. The molecule has 6 nitrogen and oxygen atoms in total. The van der Waals surface area contributed by atoms with Crippen LogP contribution in [0, 0.1) is 24.2 Å². The van der Waals surface area contributed by atoms with Crippen molar-refractivity contribution in [3.8, 4) is 6.07 Å². The monoisotopic (exact) mass is 401 g/mol. The number of aromatic nitrogens is 2. The molecule has 0 saturated carbocycles. The normalized spacial score (nSPS) is 18.1. The number of imidazole rings is 1. The molecule has 0 radical (unpaired) electrons. The van der Waals surface area contributed by atoms with Crippen LogP contribution in [0.15, 0.2) is 30.3 Å². The number of hydrogen-bond donors (Lipinski definition) is 0. The van der Waals surface area contributed by atoms with Crippen molar-refractivity contribution in [2.45, 2.75) is 39.0 Å². The summed E-state index contributed by atoms with van der Waals surface area (Å²) in [6.45, 7) is 5.52. The lowest BCUT2D eigenvalue weighted by atomic mass is 9.94. The summed E-state index contributed by atoms with van der Waals surface area (Å²) >= 11 is 0. The number of fused-ring (bicyclic) bond motifs is 3. The lowest BCUT2D eigenvalue weighted by Gasteiger charge is -2.36. The minimum absolute atomic E-state index is 0.133. The number of carbonyl (C=O) groups excluding carboxylic acids is 1. The van der Waals surface area contributed by atoms with E-state index in [2.05, 4.69) is 32.4 Å². The predicted molar refractivity (Wildman–Crippen MR) is 118 cm³/mol. The average Bonchev–Trinajstić information content (AvgIpc) is 3.18. The van der Waals surface area contributed by atoms with Crippen molar-refractivity contribution < 1.29 is 4.79 Å². The molecule has 2 fully saturated rings. The van der Waals surface area contributed by atoms with Gasteiger partial charge in [0.05, 0.1) is 16.6 Å². The Hall–Kier alpha value is -3.07. The maximum atomic E-state index is 12.9. The number of amides is 1. The number of likely N-dealkylation sites (tertiary alicyclic amines) is 1. The molecule has 5 rings (SSSR count). The van der Waals surface area contributed by atoms with Crippen molar-refractivity contribution in [3.05, 3.63) is 41.5 Å². The fourth-order valence-corrected chi connectivity index (χ4v) is 5.03. The zero-order valence-corrected chi connectivity index (χ0v) is 17.5.